The first-order chi connectivity index (χ1) is 13.0. The van der Waals surface area contributed by atoms with Crippen molar-refractivity contribution in [2.24, 2.45) is 0 Å². The number of pyridine rings is 1. The van der Waals surface area contributed by atoms with Crippen LogP contribution in [0.3, 0.4) is 0 Å². The third-order valence-electron chi connectivity index (χ3n) is 4.89. The molecule has 1 spiro atoms. The molecule has 2 aliphatic heterocycles. The van der Waals surface area contributed by atoms with Crippen molar-refractivity contribution in [3.63, 3.8) is 0 Å². The molecular weight excluding hydrogens is 348 g/mol. The lowest BCUT2D eigenvalue weighted by atomic mass is 10.0. The topological polar surface area (TPSA) is 84.0 Å². The van der Waals surface area contributed by atoms with Crippen LogP contribution in [0.4, 0.5) is 0 Å². The van der Waals surface area contributed by atoms with Crippen LogP contribution in [0, 0.1) is 0 Å². The largest absolute Gasteiger partial charge is 0.351 e. The van der Waals surface area contributed by atoms with Crippen molar-refractivity contribution in [2.45, 2.75) is 25.0 Å². The van der Waals surface area contributed by atoms with Gasteiger partial charge < -0.3 is 24.6 Å². The second kappa shape index (κ2) is 8.77. The Labute approximate surface area is 159 Å². The molecule has 0 radical (unpaired) electrons. The summed E-state index contributed by atoms with van der Waals surface area (Å²) in [5.41, 5.74) is 0.557. The highest BCUT2D eigenvalue weighted by Crippen LogP contribution is 2.31. The average Bonchev–Trinajstić information content (AvgIpc) is 3.13. The van der Waals surface area contributed by atoms with Gasteiger partial charge in [-0.05, 0) is 39.2 Å². The van der Waals surface area contributed by atoms with E-state index >= 15 is 0 Å². The second-order valence-corrected chi connectivity index (χ2v) is 7.22. The van der Waals surface area contributed by atoms with E-state index in [1.54, 1.807) is 23.1 Å². The van der Waals surface area contributed by atoms with Crippen LogP contribution in [-0.4, -0.2) is 85.9 Å². The van der Waals surface area contributed by atoms with Gasteiger partial charge in [-0.15, -0.1) is 0 Å². The summed E-state index contributed by atoms with van der Waals surface area (Å²) in [6, 6.07) is 4.98. The first kappa shape index (κ1) is 19.7. The number of ether oxygens (including phenoxy) is 2. The molecule has 27 heavy (non-hydrogen) atoms. The van der Waals surface area contributed by atoms with Crippen molar-refractivity contribution >= 4 is 11.8 Å². The van der Waals surface area contributed by atoms with Gasteiger partial charge in [-0.3, -0.25) is 9.59 Å². The van der Waals surface area contributed by atoms with Gasteiger partial charge in [0.05, 0.1) is 13.2 Å². The zero-order valence-electron chi connectivity index (χ0n) is 16.1. The van der Waals surface area contributed by atoms with Gasteiger partial charge in [-0.1, -0.05) is 6.07 Å². The molecule has 0 aliphatic carbocycles. The van der Waals surface area contributed by atoms with Crippen LogP contribution >= 0.6 is 0 Å². The van der Waals surface area contributed by atoms with Crippen molar-refractivity contribution in [2.75, 3.05) is 53.5 Å². The molecule has 1 aromatic heterocycles. The van der Waals surface area contributed by atoms with Crippen LogP contribution in [0.15, 0.2) is 18.2 Å². The van der Waals surface area contributed by atoms with Crippen molar-refractivity contribution in [3.8, 4) is 0 Å². The molecule has 2 aliphatic rings. The molecule has 8 nitrogen and oxygen atoms in total. The molecule has 3 rings (SSSR count). The molecule has 1 aromatic rings. The Bertz CT molecular complexity index is 663. The van der Waals surface area contributed by atoms with Crippen LogP contribution < -0.4 is 5.32 Å². The maximum Gasteiger partial charge on any atom is 0.272 e. The second-order valence-electron chi connectivity index (χ2n) is 7.22. The fourth-order valence-corrected chi connectivity index (χ4v) is 3.37. The lowest BCUT2D eigenvalue weighted by Crippen LogP contribution is -2.47. The summed E-state index contributed by atoms with van der Waals surface area (Å²) >= 11 is 0. The summed E-state index contributed by atoms with van der Waals surface area (Å²) in [6.07, 6.45) is 2.17. The van der Waals surface area contributed by atoms with Crippen LogP contribution in [0.2, 0.25) is 0 Å². The first-order valence-corrected chi connectivity index (χ1v) is 9.46. The van der Waals surface area contributed by atoms with Crippen molar-refractivity contribution < 1.29 is 19.1 Å². The Balaban J connectivity index is 1.55. The molecule has 1 N–H and O–H groups in total. The quantitative estimate of drug-likeness (QED) is 0.738. The van der Waals surface area contributed by atoms with Crippen molar-refractivity contribution in [1.82, 2.24) is 20.1 Å². The van der Waals surface area contributed by atoms with E-state index in [0.717, 1.165) is 13.0 Å². The molecule has 2 fully saturated rings. The van der Waals surface area contributed by atoms with Crippen molar-refractivity contribution in [1.29, 1.82) is 0 Å². The lowest BCUT2D eigenvalue weighted by molar-refractivity contribution is -0.181. The third kappa shape index (κ3) is 5.03. The summed E-state index contributed by atoms with van der Waals surface area (Å²) < 4.78 is 11.4. The molecule has 0 aromatic carbocycles. The van der Waals surface area contributed by atoms with Crippen LogP contribution in [0.5, 0.6) is 0 Å². The fourth-order valence-electron chi connectivity index (χ4n) is 3.37. The number of carbonyl (C=O) groups excluding carboxylic acids is 2. The van der Waals surface area contributed by atoms with Gasteiger partial charge in [-0.25, -0.2) is 4.98 Å². The standard InChI is InChI=1S/C19H28N4O4/c1-22(2)10-4-9-20-17(24)15-5-3-6-16(21-15)18(25)23-11-7-19(8-12-23)26-13-14-27-19/h3,5-6H,4,7-14H2,1-2H3,(H,20,24). The van der Waals surface area contributed by atoms with E-state index < -0.39 is 5.79 Å². The monoisotopic (exact) mass is 376 g/mol. The molecular formula is C19H28N4O4. The van der Waals surface area contributed by atoms with E-state index in [1.165, 1.54) is 0 Å². The van der Waals surface area contributed by atoms with E-state index in [2.05, 4.69) is 15.2 Å². The summed E-state index contributed by atoms with van der Waals surface area (Å²) in [5.74, 6) is -0.933. The van der Waals surface area contributed by atoms with E-state index in [9.17, 15) is 9.59 Å². The van der Waals surface area contributed by atoms with Gasteiger partial charge >= 0.3 is 0 Å². The summed E-state index contributed by atoms with van der Waals surface area (Å²) in [4.78, 5) is 33.1. The van der Waals surface area contributed by atoms with E-state index in [1.807, 2.05) is 14.1 Å². The Hall–Kier alpha value is -2.03. The molecule has 0 bridgehead atoms. The Morgan fingerprint density at radius 3 is 2.52 bits per heavy atom. The van der Waals surface area contributed by atoms with Gasteiger partial charge in [0, 0.05) is 32.5 Å². The maximum absolute atomic E-state index is 12.8. The highest BCUT2D eigenvalue weighted by molar-refractivity contribution is 5.96. The minimum absolute atomic E-state index is 0.162. The van der Waals surface area contributed by atoms with Crippen molar-refractivity contribution in [3.05, 3.63) is 29.6 Å². The molecule has 8 heteroatoms. The number of rotatable bonds is 6. The Morgan fingerprint density at radius 1 is 1.19 bits per heavy atom. The average molecular weight is 376 g/mol. The number of likely N-dealkylation sites (tertiary alicyclic amines) is 1. The molecule has 2 amide bonds. The number of carbonyl (C=O) groups is 2. The minimum atomic E-state index is -0.515. The molecule has 0 atom stereocenters. The SMILES string of the molecule is CN(C)CCCNC(=O)c1cccc(C(=O)N2CCC3(CC2)OCCO3)n1. The maximum atomic E-state index is 12.8. The van der Waals surface area contributed by atoms with Gasteiger partial charge in [0.1, 0.15) is 11.4 Å². The summed E-state index contributed by atoms with van der Waals surface area (Å²) in [5, 5.41) is 2.85. The smallest absolute Gasteiger partial charge is 0.272 e. The van der Waals surface area contributed by atoms with Crippen LogP contribution in [0.1, 0.15) is 40.2 Å². The lowest BCUT2D eigenvalue weighted by Gasteiger charge is -2.37. The number of hydrogen-bond acceptors (Lipinski definition) is 6. The normalized spacial score (nSPS) is 18.9. The zero-order valence-corrected chi connectivity index (χ0v) is 16.1. The van der Waals surface area contributed by atoms with E-state index in [0.29, 0.717) is 51.4 Å². The number of nitrogens with zero attached hydrogens (tertiary/aromatic N) is 3. The fraction of sp³-hybridized carbons (Fsp3) is 0.632. The Morgan fingerprint density at radius 2 is 1.85 bits per heavy atom. The predicted octanol–water partition coefficient (Wildman–Crippen LogP) is 0.742. The number of piperidine rings is 1. The highest BCUT2D eigenvalue weighted by atomic mass is 16.7. The van der Waals surface area contributed by atoms with E-state index in [-0.39, 0.29) is 17.5 Å². The Kier molecular flexibility index (Phi) is 6.41. The predicted molar refractivity (Wildman–Crippen MR) is 99.5 cm³/mol. The number of aromatic nitrogens is 1. The van der Waals surface area contributed by atoms with Crippen LogP contribution in [0.25, 0.3) is 0 Å². The molecule has 3 heterocycles. The van der Waals surface area contributed by atoms with Gasteiger partial charge in [-0.2, -0.15) is 0 Å². The molecule has 0 saturated carbocycles. The third-order valence-corrected chi connectivity index (χ3v) is 4.89. The van der Waals surface area contributed by atoms with Gasteiger partial charge in [0.25, 0.3) is 11.8 Å². The van der Waals surface area contributed by atoms with E-state index in [4.69, 9.17) is 9.47 Å². The van der Waals surface area contributed by atoms with Gasteiger partial charge in [0.2, 0.25) is 0 Å². The van der Waals surface area contributed by atoms with Gasteiger partial charge in [0.15, 0.2) is 5.79 Å². The molecule has 0 unspecified atom stereocenters. The zero-order chi connectivity index (χ0) is 19.3. The first-order valence-electron chi connectivity index (χ1n) is 9.46. The minimum Gasteiger partial charge on any atom is -0.351 e. The number of amides is 2. The highest BCUT2D eigenvalue weighted by Gasteiger charge is 2.41. The van der Waals surface area contributed by atoms with Crippen LogP contribution in [-0.2, 0) is 9.47 Å². The number of nitrogens with one attached hydrogen (secondary N) is 1. The number of hydrogen-bond donors (Lipinski definition) is 1. The molecule has 2 saturated heterocycles. The summed E-state index contributed by atoms with van der Waals surface area (Å²) in [7, 11) is 3.98. The summed E-state index contributed by atoms with van der Waals surface area (Å²) in [6.45, 7) is 3.81. The molecule has 148 valence electrons.